The Balaban J connectivity index is 0. The molecule has 0 radical (unpaired) electrons. The first-order valence-corrected chi connectivity index (χ1v) is 4.33. The Bertz CT molecular complexity index is 223. The van der Waals surface area contributed by atoms with E-state index in [0.717, 1.165) is 0 Å². The average Bonchev–Trinajstić information content (AvgIpc) is 2.83. The quantitative estimate of drug-likeness (QED) is 0.561. The fourth-order valence-corrected chi connectivity index (χ4v) is 0.642. The van der Waals surface area contributed by atoms with Crippen LogP contribution in [-0.2, 0) is 21.9 Å². The van der Waals surface area contributed by atoms with Crippen LogP contribution in [0.2, 0.25) is 0 Å². The summed E-state index contributed by atoms with van der Waals surface area (Å²) in [7, 11) is 0. The number of nitrogens with two attached hydrogens (primary N) is 1. The summed E-state index contributed by atoms with van der Waals surface area (Å²) >= 11 is 0. The molecule has 0 spiro atoms. The molecule has 0 aliphatic carbocycles. The Morgan fingerprint density at radius 3 is 1.40 bits per heavy atom. The Hall–Kier alpha value is -1.31. The van der Waals surface area contributed by atoms with Gasteiger partial charge in [0.2, 0.25) is 5.91 Å². The monoisotopic (exact) mass is 245 g/mol. The molecule has 0 unspecified atom stereocenters. The molecule has 0 bridgehead atoms. The SMILES string of the molecule is CC(N)=O.[Fe].[cH-]1[cH-][cH-][cH-][cH-]1.c1cc[cH-]c1. The van der Waals surface area contributed by atoms with Crippen LogP contribution in [0.5, 0.6) is 0 Å². The van der Waals surface area contributed by atoms with E-state index >= 15 is 0 Å². The Morgan fingerprint density at radius 1 is 1.00 bits per heavy atom. The largest absolute Gasteiger partial charge is 0.748 e. The van der Waals surface area contributed by atoms with Crippen molar-refractivity contribution in [2.75, 3.05) is 0 Å². The maximum Gasteiger partial charge on any atom is 0.214 e. The van der Waals surface area contributed by atoms with Crippen LogP contribution in [0.15, 0.2) is 60.7 Å². The zero-order valence-electron chi connectivity index (χ0n) is 8.61. The minimum Gasteiger partial charge on any atom is -0.748 e. The third-order valence-electron chi connectivity index (χ3n) is 1.11. The number of carbonyl (C=O) groups is 1. The molecule has 0 saturated heterocycles. The molecule has 3 heteroatoms. The zero-order valence-corrected chi connectivity index (χ0v) is 9.72. The second-order valence-corrected chi connectivity index (χ2v) is 2.54. The van der Waals surface area contributed by atoms with Gasteiger partial charge in [0.25, 0.3) is 0 Å². The molecule has 15 heavy (non-hydrogen) atoms. The first-order valence-electron chi connectivity index (χ1n) is 4.33. The van der Waals surface area contributed by atoms with Gasteiger partial charge < -0.3 is 36.1 Å². The summed E-state index contributed by atoms with van der Waals surface area (Å²) in [6.07, 6.45) is 0. The summed E-state index contributed by atoms with van der Waals surface area (Å²) < 4.78 is 0. The topological polar surface area (TPSA) is 43.1 Å². The summed E-state index contributed by atoms with van der Waals surface area (Å²) in [5, 5.41) is 0. The van der Waals surface area contributed by atoms with E-state index in [-0.39, 0.29) is 23.0 Å². The second-order valence-electron chi connectivity index (χ2n) is 2.54. The van der Waals surface area contributed by atoms with Crippen LogP contribution in [0.25, 0.3) is 0 Å². The van der Waals surface area contributed by atoms with E-state index < -0.39 is 0 Å². The number of amides is 1. The summed E-state index contributed by atoms with van der Waals surface area (Å²) in [4.78, 5) is 9.22. The Kier molecular flexibility index (Phi) is 13.6. The fraction of sp³-hybridized carbons (Fsp3) is 0.0833. The Labute approximate surface area is 101 Å². The number of hydrogen-bond donors (Lipinski definition) is 1. The maximum absolute atomic E-state index is 9.22. The third kappa shape index (κ3) is 19.2. The maximum atomic E-state index is 9.22. The predicted octanol–water partition coefficient (Wildman–Crippen LogP) is 2.30. The minimum absolute atomic E-state index is 0. The van der Waals surface area contributed by atoms with E-state index in [9.17, 15) is 4.79 Å². The van der Waals surface area contributed by atoms with Crippen molar-refractivity contribution in [3.8, 4) is 0 Å². The Morgan fingerprint density at radius 2 is 1.27 bits per heavy atom. The third-order valence-corrected chi connectivity index (χ3v) is 1.11. The first kappa shape index (κ1) is 16.1. The van der Waals surface area contributed by atoms with Crippen molar-refractivity contribution in [1.29, 1.82) is 0 Å². The van der Waals surface area contributed by atoms with Crippen LogP contribution < -0.4 is 5.73 Å². The molecule has 0 atom stereocenters. The normalized spacial score (nSPS) is 7.00. The van der Waals surface area contributed by atoms with Gasteiger partial charge in [0.05, 0.1) is 0 Å². The van der Waals surface area contributed by atoms with E-state index in [1.807, 2.05) is 60.7 Å². The molecule has 0 aromatic heterocycles. The van der Waals surface area contributed by atoms with E-state index in [1.54, 1.807) is 0 Å². The van der Waals surface area contributed by atoms with Crippen molar-refractivity contribution in [3.63, 3.8) is 0 Å². The molecule has 2 aromatic rings. The molecule has 88 valence electrons. The minimum atomic E-state index is -0.333. The number of rotatable bonds is 0. The van der Waals surface area contributed by atoms with Crippen LogP contribution in [0.1, 0.15) is 6.92 Å². The van der Waals surface area contributed by atoms with Crippen LogP contribution >= 0.6 is 0 Å². The molecule has 0 fully saturated rings. The van der Waals surface area contributed by atoms with E-state index in [1.165, 1.54) is 6.92 Å². The van der Waals surface area contributed by atoms with E-state index in [4.69, 9.17) is 0 Å². The number of primary amides is 1. The summed E-state index contributed by atoms with van der Waals surface area (Å²) in [6, 6.07) is 20.0. The fourth-order valence-electron chi connectivity index (χ4n) is 0.642. The molecule has 0 saturated carbocycles. The van der Waals surface area contributed by atoms with Crippen molar-refractivity contribution in [3.05, 3.63) is 60.7 Å². The zero-order chi connectivity index (χ0) is 10.6. The van der Waals surface area contributed by atoms with Crippen LogP contribution in [0.3, 0.4) is 0 Å². The standard InChI is InChI=1S/2C5H5.C2H5NO.Fe/c2*1-2-4-5-3-1;1-2(3)4;/h2*1-5H;1H3,(H2,3,4);/q-5;-1;;. The molecule has 0 heterocycles. The molecule has 2 rings (SSSR count). The van der Waals surface area contributed by atoms with Crippen molar-refractivity contribution >= 4 is 5.91 Å². The van der Waals surface area contributed by atoms with Gasteiger partial charge in [-0.15, -0.1) is 0 Å². The van der Waals surface area contributed by atoms with Crippen LogP contribution in [0, 0.1) is 0 Å². The summed E-state index contributed by atoms with van der Waals surface area (Å²) in [5.74, 6) is -0.333. The molecular formula is C12H15FeNO-6. The van der Waals surface area contributed by atoms with E-state index in [2.05, 4.69) is 5.73 Å². The van der Waals surface area contributed by atoms with Gasteiger partial charge in [-0.05, 0) is 0 Å². The average molecular weight is 245 g/mol. The molecule has 1 amide bonds. The summed E-state index contributed by atoms with van der Waals surface area (Å²) in [5.41, 5.74) is 4.47. The van der Waals surface area contributed by atoms with Gasteiger partial charge in [0.1, 0.15) is 0 Å². The first-order chi connectivity index (χ1) is 6.73. The molecule has 2 aromatic carbocycles. The summed E-state index contributed by atoms with van der Waals surface area (Å²) in [6.45, 7) is 1.31. The number of carbonyl (C=O) groups excluding carboxylic acids is 1. The van der Waals surface area contributed by atoms with Crippen LogP contribution in [-0.4, -0.2) is 5.91 Å². The van der Waals surface area contributed by atoms with Gasteiger partial charge in [-0.3, -0.25) is 4.79 Å². The van der Waals surface area contributed by atoms with Crippen molar-refractivity contribution in [2.45, 2.75) is 6.92 Å². The number of hydrogen-bond acceptors (Lipinski definition) is 1. The van der Waals surface area contributed by atoms with Gasteiger partial charge in [-0.1, -0.05) is 0 Å². The second kappa shape index (κ2) is 12.7. The van der Waals surface area contributed by atoms with Gasteiger partial charge in [-0.2, -0.15) is 18.2 Å². The van der Waals surface area contributed by atoms with Crippen LogP contribution in [0.4, 0.5) is 0 Å². The van der Waals surface area contributed by atoms with Crippen molar-refractivity contribution in [2.24, 2.45) is 5.73 Å². The van der Waals surface area contributed by atoms with Gasteiger partial charge >= 0.3 is 0 Å². The van der Waals surface area contributed by atoms with Crippen molar-refractivity contribution in [1.82, 2.24) is 0 Å². The smallest absolute Gasteiger partial charge is 0.214 e. The van der Waals surface area contributed by atoms with E-state index in [0.29, 0.717) is 0 Å². The van der Waals surface area contributed by atoms with Gasteiger partial charge in [-0.25, -0.2) is 12.1 Å². The predicted molar refractivity (Wildman–Crippen MR) is 58.9 cm³/mol. The molecule has 0 aliphatic heterocycles. The van der Waals surface area contributed by atoms with Gasteiger partial charge in [0, 0.05) is 24.0 Å². The molecule has 2 N–H and O–H groups in total. The van der Waals surface area contributed by atoms with Gasteiger partial charge in [0.15, 0.2) is 0 Å². The molecular weight excluding hydrogens is 230 g/mol. The molecule has 2 nitrogen and oxygen atoms in total. The molecule has 0 aliphatic rings. The van der Waals surface area contributed by atoms with Crippen molar-refractivity contribution < 1.29 is 21.9 Å².